The fraction of sp³-hybridized carbons (Fsp3) is 0.714. The number of hydrogen-bond donors (Lipinski definition) is 0. The van der Waals surface area contributed by atoms with Crippen molar-refractivity contribution >= 4 is 5.78 Å². The van der Waals surface area contributed by atoms with Gasteiger partial charge in [0.2, 0.25) is 5.78 Å². The van der Waals surface area contributed by atoms with Gasteiger partial charge < -0.3 is 4.74 Å². The molecular formula is C14H25N3O2. The number of carbonyl (C=O) groups is 1. The lowest BCUT2D eigenvalue weighted by Gasteiger charge is -2.37. The highest BCUT2D eigenvalue weighted by molar-refractivity contribution is 6.03. The maximum Gasteiger partial charge on any atom is 0.204 e. The summed E-state index contributed by atoms with van der Waals surface area (Å²) in [6.45, 7) is 6.71. The summed E-state index contributed by atoms with van der Waals surface area (Å²) in [6.07, 6.45) is 3.13. The number of rotatable bonds is 7. The largest absolute Gasteiger partial charge is 0.493 e. The first kappa shape index (κ1) is 15.7. The van der Waals surface area contributed by atoms with E-state index in [1.807, 2.05) is 39.8 Å². The third kappa shape index (κ3) is 2.52. The molecule has 0 bridgehead atoms. The van der Waals surface area contributed by atoms with E-state index in [2.05, 4.69) is 5.10 Å². The van der Waals surface area contributed by atoms with Crippen LogP contribution in [0.3, 0.4) is 0 Å². The first-order chi connectivity index (χ1) is 8.98. The predicted molar refractivity (Wildman–Crippen MR) is 75.8 cm³/mol. The van der Waals surface area contributed by atoms with Crippen LogP contribution in [0.5, 0.6) is 5.75 Å². The third-order valence-corrected chi connectivity index (χ3v) is 3.99. The van der Waals surface area contributed by atoms with E-state index in [9.17, 15) is 4.79 Å². The molecule has 0 fully saturated rings. The molecule has 0 atom stereocenters. The number of likely N-dealkylation sites (N-methyl/N-ethyl adjacent to an activating group) is 1. The van der Waals surface area contributed by atoms with Gasteiger partial charge in [-0.15, -0.1) is 0 Å². The number of aromatic nitrogens is 2. The summed E-state index contributed by atoms with van der Waals surface area (Å²) < 4.78 is 7.00. The van der Waals surface area contributed by atoms with Crippen LogP contribution in [0.15, 0.2) is 6.20 Å². The van der Waals surface area contributed by atoms with Gasteiger partial charge in [0.1, 0.15) is 5.69 Å². The van der Waals surface area contributed by atoms with E-state index in [0.29, 0.717) is 18.0 Å². The van der Waals surface area contributed by atoms with Crippen LogP contribution >= 0.6 is 0 Å². The van der Waals surface area contributed by atoms with Crippen molar-refractivity contribution in [2.24, 2.45) is 0 Å². The zero-order valence-corrected chi connectivity index (χ0v) is 12.9. The second kappa shape index (κ2) is 6.19. The van der Waals surface area contributed by atoms with Gasteiger partial charge >= 0.3 is 0 Å². The van der Waals surface area contributed by atoms with E-state index < -0.39 is 5.54 Å². The SMILES string of the molecule is CCn1ncc(OC)c1C(=O)C(CC)(CC)N(C)C. The van der Waals surface area contributed by atoms with Gasteiger partial charge in [-0.1, -0.05) is 13.8 Å². The number of ketones is 1. The Morgan fingerprint density at radius 1 is 1.37 bits per heavy atom. The van der Waals surface area contributed by atoms with Gasteiger partial charge in [-0.25, -0.2) is 0 Å². The van der Waals surface area contributed by atoms with Crippen molar-refractivity contribution in [2.75, 3.05) is 21.2 Å². The lowest BCUT2D eigenvalue weighted by atomic mass is 9.84. The number of aryl methyl sites for hydroxylation is 1. The maximum absolute atomic E-state index is 13.0. The minimum absolute atomic E-state index is 0.0821. The van der Waals surface area contributed by atoms with Gasteiger partial charge in [0.25, 0.3) is 0 Å². The summed E-state index contributed by atoms with van der Waals surface area (Å²) in [5, 5.41) is 4.22. The van der Waals surface area contributed by atoms with E-state index in [1.165, 1.54) is 0 Å². The Morgan fingerprint density at radius 2 is 1.95 bits per heavy atom. The number of nitrogens with zero attached hydrogens (tertiary/aromatic N) is 3. The standard InChI is InChI=1S/C14H25N3O2/c1-7-14(8-2,16(4)5)13(18)12-11(19-6)10-15-17(12)9-3/h10H,7-9H2,1-6H3. The Morgan fingerprint density at radius 3 is 2.32 bits per heavy atom. The summed E-state index contributed by atoms with van der Waals surface area (Å²) in [4.78, 5) is 15.0. The van der Waals surface area contributed by atoms with Crippen molar-refractivity contribution in [3.63, 3.8) is 0 Å². The Balaban J connectivity index is 3.35. The molecule has 0 aliphatic carbocycles. The zero-order valence-electron chi connectivity index (χ0n) is 12.9. The molecule has 0 aliphatic rings. The Hall–Kier alpha value is -1.36. The van der Waals surface area contributed by atoms with Gasteiger partial charge in [0.05, 0.1) is 18.8 Å². The van der Waals surface area contributed by atoms with E-state index in [1.54, 1.807) is 18.0 Å². The van der Waals surface area contributed by atoms with Crippen LogP contribution in [0.25, 0.3) is 0 Å². The molecule has 0 amide bonds. The minimum atomic E-state index is -0.500. The van der Waals surface area contributed by atoms with Crippen molar-refractivity contribution in [1.82, 2.24) is 14.7 Å². The second-order valence-electron chi connectivity index (χ2n) is 4.84. The number of Topliss-reactive ketones (excluding diaryl/α,β-unsaturated/α-hetero) is 1. The molecule has 1 aromatic heterocycles. The van der Waals surface area contributed by atoms with Gasteiger partial charge in [-0.05, 0) is 33.9 Å². The molecule has 0 N–H and O–H groups in total. The highest BCUT2D eigenvalue weighted by Gasteiger charge is 2.40. The fourth-order valence-corrected chi connectivity index (χ4v) is 2.61. The molecule has 1 aromatic rings. The molecule has 0 aliphatic heterocycles. The first-order valence-electron chi connectivity index (χ1n) is 6.80. The molecule has 0 spiro atoms. The summed E-state index contributed by atoms with van der Waals surface area (Å²) in [5.41, 5.74) is 0.0719. The molecule has 1 heterocycles. The molecule has 0 unspecified atom stereocenters. The maximum atomic E-state index is 13.0. The van der Waals surface area contributed by atoms with Crippen molar-refractivity contribution in [1.29, 1.82) is 0 Å². The molecule has 108 valence electrons. The highest BCUT2D eigenvalue weighted by Crippen LogP contribution is 2.30. The first-order valence-corrected chi connectivity index (χ1v) is 6.80. The van der Waals surface area contributed by atoms with E-state index >= 15 is 0 Å². The quantitative estimate of drug-likeness (QED) is 0.711. The molecule has 0 saturated heterocycles. The fourth-order valence-electron chi connectivity index (χ4n) is 2.61. The number of ether oxygens (including phenoxy) is 1. The number of carbonyl (C=O) groups excluding carboxylic acids is 1. The topological polar surface area (TPSA) is 47.4 Å². The van der Waals surface area contributed by atoms with Gasteiger partial charge in [-0.3, -0.25) is 14.4 Å². The van der Waals surface area contributed by atoms with Crippen LogP contribution in [-0.4, -0.2) is 47.2 Å². The summed E-state index contributed by atoms with van der Waals surface area (Å²) >= 11 is 0. The second-order valence-corrected chi connectivity index (χ2v) is 4.84. The monoisotopic (exact) mass is 267 g/mol. The van der Waals surface area contributed by atoms with E-state index in [-0.39, 0.29) is 5.78 Å². The van der Waals surface area contributed by atoms with Gasteiger partial charge in [0, 0.05) is 6.54 Å². The Labute approximate surface area is 115 Å². The average molecular weight is 267 g/mol. The molecule has 0 aromatic carbocycles. The molecule has 0 saturated carbocycles. The van der Waals surface area contributed by atoms with Crippen molar-refractivity contribution in [3.8, 4) is 5.75 Å². The highest BCUT2D eigenvalue weighted by atomic mass is 16.5. The van der Waals surface area contributed by atoms with Gasteiger partial charge in [0.15, 0.2) is 5.75 Å². The van der Waals surface area contributed by atoms with Crippen LogP contribution in [0.4, 0.5) is 0 Å². The minimum Gasteiger partial charge on any atom is -0.493 e. The Bertz CT molecular complexity index is 412. The Kier molecular flexibility index (Phi) is 5.11. The number of hydrogen-bond acceptors (Lipinski definition) is 4. The van der Waals surface area contributed by atoms with Crippen molar-refractivity contribution in [3.05, 3.63) is 11.9 Å². The van der Waals surface area contributed by atoms with Crippen LogP contribution in [0.1, 0.15) is 44.1 Å². The van der Waals surface area contributed by atoms with Crippen molar-refractivity contribution in [2.45, 2.75) is 45.7 Å². The molecule has 19 heavy (non-hydrogen) atoms. The predicted octanol–water partition coefficient (Wildman–Crippen LogP) is 2.21. The summed E-state index contributed by atoms with van der Waals surface area (Å²) in [5.74, 6) is 0.638. The van der Waals surface area contributed by atoms with Gasteiger partial charge in [-0.2, -0.15) is 5.10 Å². The number of methoxy groups -OCH3 is 1. The van der Waals surface area contributed by atoms with E-state index in [0.717, 1.165) is 12.8 Å². The summed E-state index contributed by atoms with van der Waals surface area (Å²) in [7, 11) is 5.47. The average Bonchev–Trinajstić information content (AvgIpc) is 2.82. The molecular weight excluding hydrogens is 242 g/mol. The molecule has 0 radical (unpaired) electrons. The van der Waals surface area contributed by atoms with Crippen LogP contribution in [-0.2, 0) is 6.54 Å². The van der Waals surface area contributed by atoms with Crippen LogP contribution < -0.4 is 4.74 Å². The zero-order chi connectivity index (χ0) is 14.6. The van der Waals surface area contributed by atoms with Crippen molar-refractivity contribution < 1.29 is 9.53 Å². The normalized spacial score (nSPS) is 11.9. The van der Waals surface area contributed by atoms with E-state index in [4.69, 9.17) is 4.74 Å². The smallest absolute Gasteiger partial charge is 0.204 e. The van der Waals surface area contributed by atoms with Crippen LogP contribution in [0.2, 0.25) is 0 Å². The lowest BCUT2D eigenvalue weighted by Crippen LogP contribution is -2.50. The summed E-state index contributed by atoms with van der Waals surface area (Å²) in [6, 6.07) is 0. The third-order valence-electron chi connectivity index (χ3n) is 3.99. The molecule has 1 rings (SSSR count). The lowest BCUT2D eigenvalue weighted by molar-refractivity contribution is 0.0641. The van der Waals surface area contributed by atoms with Crippen LogP contribution in [0, 0.1) is 0 Å². The molecule has 5 nitrogen and oxygen atoms in total. The molecule has 5 heteroatoms.